The molecular formula is C7H5ClINO2. The standard InChI is InChI=1S/C7H5ClINO2/c8-3-1-2-4(10)5(6(3)9)7(11)12/h1-2H,10H2,(H,11,12). The van der Waals surface area contributed by atoms with E-state index in [4.69, 9.17) is 22.4 Å². The Morgan fingerprint density at radius 3 is 2.58 bits per heavy atom. The number of carboxylic acid groups (broad SMARTS) is 1. The maximum atomic E-state index is 10.7. The van der Waals surface area contributed by atoms with Gasteiger partial charge in [0.2, 0.25) is 0 Å². The monoisotopic (exact) mass is 297 g/mol. The summed E-state index contributed by atoms with van der Waals surface area (Å²) in [6, 6.07) is 3.05. The second-order valence-corrected chi connectivity index (χ2v) is 3.62. The Morgan fingerprint density at radius 2 is 2.17 bits per heavy atom. The number of hydrogen-bond acceptors (Lipinski definition) is 2. The van der Waals surface area contributed by atoms with Crippen LogP contribution in [0.1, 0.15) is 10.4 Å². The second kappa shape index (κ2) is 3.49. The minimum absolute atomic E-state index is 0.0723. The van der Waals surface area contributed by atoms with Crippen LogP contribution in [-0.2, 0) is 0 Å². The highest BCUT2D eigenvalue weighted by Crippen LogP contribution is 2.26. The summed E-state index contributed by atoms with van der Waals surface area (Å²) in [5.41, 5.74) is 5.75. The van der Waals surface area contributed by atoms with Gasteiger partial charge in [0.05, 0.1) is 10.6 Å². The molecule has 3 nitrogen and oxygen atoms in total. The lowest BCUT2D eigenvalue weighted by molar-refractivity contribution is 0.0697. The molecule has 0 aromatic heterocycles. The number of aromatic carboxylic acids is 1. The molecule has 3 N–H and O–H groups in total. The number of anilines is 1. The highest BCUT2D eigenvalue weighted by atomic mass is 127. The fourth-order valence-electron chi connectivity index (χ4n) is 0.783. The summed E-state index contributed by atoms with van der Waals surface area (Å²) in [7, 11) is 0. The first-order chi connectivity index (χ1) is 5.54. The van der Waals surface area contributed by atoms with Crippen LogP contribution in [-0.4, -0.2) is 11.1 Å². The minimum Gasteiger partial charge on any atom is -0.478 e. The lowest BCUT2D eigenvalue weighted by Gasteiger charge is -2.04. The molecule has 0 saturated heterocycles. The van der Waals surface area contributed by atoms with E-state index in [1.54, 1.807) is 6.07 Å². The molecule has 0 amide bonds. The molecule has 12 heavy (non-hydrogen) atoms. The molecule has 0 heterocycles. The maximum absolute atomic E-state index is 10.7. The first-order valence-electron chi connectivity index (χ1n) is 3.01. The van der Waals surface area contributed by atoms with Crippen molar-refractivity contribution in [2.45, 2.75) is 0 Å². The number of halogens is 2. The minimum atomic E-state index is -1.06. The van der Waals surface area contributed by atoms with Gasteiger partial charge in [0.15, 0.2) is 0 Å². The molecule has 0 aliphatic heterocycles. The third kappa shape index (κ3) is 1.64. The molecule has 0 aliphatic carbocycles. The van der Waals surface area contributed by atoms with E-state index in [1.165, 1.54) is 6.07 Å². The van der Waals surface area contributed by atoms with Crippen LogP contribution in [0.25, 0.3) is 0 Å². The summed E-state index contributed by atoms with van der Waals surface area (Å²) < 4.78 is 0.474. The van der Waals surface area contributed by atoms with Gasteiger partial charge in [0, 0.05) is 9.26 Å². The average Bonchev–Trinajstić information content (AvgIpc) is 1.97. The van der Waals surface area contributed by atoms with Crippen LogP contribution in [0, 0.1) is 3.57 Å². The van der Waals surface area contributed by atoms with E-state index in [0.29, 0.717) is 8.59 Å². The van der Waals surface area contributed by atoms with Gasteiger partial charge in [-0.1, -0.05) is 11.6 Å². The lowest BCUT2D eigenvalue weighted by atomic mass is 10.2. The average molecular weight is 297 g/mol. The van der Waals surface area contributed by atoms with Crippen LogP contribution < -0.4 is 5.73 Å². The van der Waals surface area contributed by atoms with Crippen molar-refractivity contribution in [1.29, 1.82) is 0 Å². The van der Waals surface area contributed by atoms with Crippen molar-refractivity contribution in [3.05, 3.63) is 26.3 Å². The van der Waals surface area contributed by atoms with Crippen molar-refractivity contribution in [2.24, 2.45) is 0 Å². The van der Waals surface area contributed by atoms with Gasteiger partial charge in [-0.2, -0.15) is 0 Å². The van der Waals surface area contributed by atoms with E-state index in [1.807, 2.05) is 22.6 Å². The van der Waals surface area contributed by atoms with Gasteiger partial charge in [0.1, 0.15) is 0 Å². The highest BCUT2D eigenvalue weighted by Gasteiger charge is 2.14. The van der Waals surface area contributed by atoms with Gasteiger partial charge >= 0.3 is 5.97 Å². The number of carbonyl (C=O) groups is 1. The first-order valence-corrected chi connectivity index (χ1v) is 4.46. The zero-order valence-corrected chi connectivity index (χ0v) is 8.76. The van der Waals surface area contributed by atoms with E-state index in [2.05, 4.69) is 0 Å². The quantitative estimate of drug-likeness (QED) is 0.617. The van der Waals surface area contributed by atoms with E-state index in [9.17, 15) is 4.79 Å². The molecule has 5 heteroatoms. The molecule has 1 aromatic carbocycles. The highest BCUT2D eigenvalue weighted by molar-refractivity contribution is 14.1. The third-order valence-corrected chi connectivity index (χ3v) is 3.10. The van der Waals surface area contributed by atoms with Gasteiger partial charge in [0.25, 0.3) is 0 Å². The van der Waals surface area contributed by atoms with Gasteiger partial charge in [-0.15, -0.1) is 0 Å². The Hall–Kier alpha value is -0.490. The summed E-state index contributed by atoms with van der Waals surface area (Å²) in [5.74, 6) is -1.06. The Kier molecular flexibility index (Phi) is 2.79. The molecule has 0 spiro atoms. The van der Waals surface area contributed by atoms with Gasteiger partial charge in [-0.3, -0.25) is 0 Å². The van der Waals surface area contributed by atoms with Crippen LogP contribution in [0.5, 0.6) is 0 Å². The van der Waals surface area contributed by atoms with Gasteiger partial charge in [-0.25, -0.2) is 4.79 Å². The maximum Gasteiger partial charge on any atom is 0.338 e. The Labute approximate surface area is 87.7 Å². The van der Waals surface area contributed by atoms with Crippen molar-refractivity contribution < 1.29 is 9.90 Å². The summed E-state index contributed by atoms with van der Waals surface area (Å²) in [4.78, 5) is 10.7. The van der Waals surface area contributed by atoms with Crippen molar-refractivity contribution in [1.82, 2.24) is 0 Å². The zero-order chi connectivity index (χ0) is 9.30. The number of hydrogen-bond donors (Lipinski definition) is 2. The predicted octanol–water partition coefficient (Wildman–Crippen LogP) is 2.23. The predicted molar refractivity (Wildman–Crippen MR) is 55.5 cm³/mol. The van der Waals surface area contributed by atoms with E-state index in [0.717, 1.165) is 0 Å². The fourth-order valence-corrected chi connectivity index (χ4v) is 1.66. The van der Waals surface area contributed by atoms with E-state index in [-0.39, 0.29) is 11.3 Å². The Bertz CT molecular complexity index is 340. The zero-order valence-electron chi connectivity index (χ0n) is 5.84. The lowest BCUT2D eigenvalue weighted by Crippen LogP contribution is -2.05. The van der Waals surface area contributed by atoms with Crippen molar-refractivity contribution in [3.8, 4) is 0 Å². The number of nitrogen functional groups attached to an aromatic ring is 1. The topological polar surface area (TPSA) is 63.3 Å². The summed E-state index contributed by atoms with van der Waals surface area (Å²) in [5, 5.41) is 9.13. The van der Waals surface area contributed by atoms with Crippen molar-refractivity contribution >= 4 is 45.8 Å². The molecule has 0 fully saturated rings. The third-order valence-electron chi connectivity index (χ3n) is 1.34. The molecule has 64 valence electrons. The largest absolute Gasteiger partial charge is 0.478 e. The van der Waals surface area contributed by atoms with E-state index < -0.39 is 5.97 Å². The Balaban J connectivity index is 3.43. The van der Waals surface area contributed by atoms with Crippen LogP contribution in [0.2, 0.25) is 5.02 Å². The first kappa shape index (κ1) is 9.60. The molecule has 0 saturated carbocycles. The van der Waals surface area contributed by atoms with Gasteiger partial charge < -0.3 is 10.8 Å². The number of carboxylic acids is 1. The molecule has 1 aromatic rings. The molecular weight excluding hydrogens is 292 g/mol. The molecule has 1 rings (SSSR count). The summed E-state index contributed by atoms with van der Waals surface area (Å²) in [6.45, 7) is 0. The fraction of sp³-hybridized carbons (Fsp3) is 0. The Morgan fingerprint density at radius 1 is 1.58 bits per heavy atom. The van der Waals surface area contributed by atoms with E-state index >= 15 is 0 Å². The van der Waals surface area contributed by atoms with Crippen LogP contribution >= 0.6 is 34.2 Å². The molecule has 0 bridgehead atoms. The molecule has 0 unspecified atom stereocenters. The molecule has 0 radical (unpaired) electrons. The number of benzene rings is 1. The van der Waals surface area contributed by atoms with Crippen LogP contribution in [0.15, 0.2) is 12.1 Å². The van der Waals surface area contributed by atoms with Gasteiger partial charge in [-0.05, 0) is 34.7 Å². The second-order valence-electron chi connectivity index (χ2n) is 2.13. The van der Waals surface area contributed by atoms with Crippen LogP contribution in [0.3, 0.4) is 0 Å². The molecule has 0 aliphatic rings. The summed E-state index contributed by atoms with van der Waals surface area (Å²) in [6.07, 6.45) is 0. The smallest absolute Gasteiger partial charge is 0.338 e. The van der Waals surface area contributed by atoms with Crippen molar-refractivity contribution in [3.63, 3.8) is 0 Å². The van der Waals surface area contributed by atoms with Crippen LogP contribution in [0.4, 0.5) is 5.69 Å². The molecule has 0 atom stereocenters. The summed E-state index contributed by atoms with van der Waals surface area (Å²) >= 11 is 7.56. The normalized spacial score (nSPS) is 9.83. The number of rotatable bonds is 1. The SMILES string of the molecule is Nc1ccc(Cl)c(I)c1C(=O)O. The number of nitrogens with two attached hydrogens (primary N) is 1. The van der Waals surface area contributed by atoms with Crippen molar-refractivity contribution in [2.75, 3.05) is 5.73 Å².